The lowest BCUT2D eigenvalue weighted by molar-refractivity contribution is 1.79. The topological polar surface area (TPSA) is 0 Å². The Balaban J connectivity index is 1.63. The van der Waals surface area contributed by atoms with Crippen molar-refractivity contribution in [1.82, 2.24) is 0 Å². The molecule has 0 saturated heterocycles. The molecule has 0 aliphatic carbocycles. The molecule has 0 aliphatic heterocycles. The van der Waals surface area contributed by atoms with Gasteiger partial charge in [-0.25, -0.2) is 0 Å². The van der Waals surface area contributed by atoms with Crippen molar-refractivity contribution < 1.29 is 0 Å². The molecule has 0 aromatic heterocycles. The largest absolute Gasteiger partial charge is 0.0616 e. The molecular weight excluding hydrogens is 432 g/mol. The van der Waals surface area contributed by atoms with Crippen molar-refractivity contribution in [3.63, 3.8) is 0 Å². The third kappa shape index (κ3) is 1.86. The van der Waals surface area contributed by atoms with E-state index in [2.05, 4.69) is 109 Å². The Hall–Kier alpha value is -4.68. The number of rotatable bonds is 0. The molecule has 162 valence electrons. The van der Waals surface area contributed by atoms with Gasteiger partial charge in [0.05, 0.1) is 0 Å². The van der Waals surface area contributed by atoms with Crippen LogP contribution in [-0.2, 0) is 0 Å². The smallest absolute Gasteiger partial charge is 0.000719 e. The van der Waals surface area contributed by atoms with Crippen LogP contribution in [0.4, 0.5) is 0 Å². The van der Waals surface area contributed by atoms with Gasteiger partial charge in [-0.2, -0.15) is 0 Å². The number of benzene rings is 10. The molecule has 10 aromatic carbocycles. The average molecular weight is 451 g/mol. The fourth-order valence-electron chi connectivity index (χ4n) is 7.35. The van der Waals surface area contributed by atoms with E-state index in [4.69, 9.17) is 0 Å². The number of hydrogen-bond acceptors (Lipinski definition) is 0. The summed E-state index contributed by atoms with van der Waals surface area (Å²) in [5.41, 5.74) is 0. The second-order valence-electron chi connectivity index (χ2n) is 10.5. The quantitative estimate of drug-likeness (QED) is 0.159. The molecule has 0 radical (unpaired) electrons. The Bertz CT molecular complexity index is 2500. The van der Waals surface area contributed by atoms with Crippen molar-refractivity contribution in [3.05, 3.63) is 109 Å². The van der Waals surface area contributed by atoms with E-state index in [0.717, 1.165) is 0 Å². The molecule has 0 heterocycles. The van der Waals surface area contributed by atoms with Crippen LogP contribution >= 0.6 is 0 Å². The Kier molecular flexibility index (Phi) is 2.83. The van der Waals surface area contributed by atoms with Gasteiger partial charge in [-0.05, 0) is 109 Å². The Morgan fingerprint density at radius 1 is 0.222 bits per heavy atom. The molecule has 0 unspecified atom stereocenters. The highest BCUT2D eigenvalue weighted by Crippen LogP contribution is 2.51. The van der Waals surface area contributed by atoms with Crippen molar-refractivity contribution in [2.45, 2.75) is 0 Å². The zero-order valence-corrected chi connectivity index (χ0v) is 19.4. The van der Waals surface area contributed by atoms with E-state index in [9.17, 15) is 0 Å². The molecule has 0 spiro atoms. The summed E-state index contributed by atoms with van der Waals surface area (Å²) in [6.07, 6.45) is 0. The SMILES string of the molecule is c1ccc2cc3c(ccc4c5ccc6ccc7ccc8ccc9ccc(c34)c3c9c8c7c6c53)cc2c1. The maximum atomic E-state index is 2.40. The van der Waals surface area contributed by atoms with Crippen molar-refractivity contribution in [2.24, 2.45) is 0 Å². The van der Waals surface area contributed by atoms with Gasteiger partial charge >= 0.3 is 0 Å². The molecule has 0 N–H and O–H groups in total. The van der Waals surface area contributed by atoms with E-state index in [1.807, 2.05) is 0 Å². The van der Waals surface area contributed by atoms with E-state index < -0.39 is 0 Å². The van der Waals surface area contributed by atoms with Crippen LogP contribution in [0.2, 0.25) is 0 Å². The third-order valence-corrected chi connectivity index (χ3v) is 8.83. The molecule has 36 heavy (non-hydrogen) atoms. The first-order chi connectivity index (χ1) is 17.8. The van der Waals surface area contributed by atoms with Crippen LogP contribution in [0.5, 0.6) is 0 Å². The molecule has 10 rings (SSSR count). The highest BCUT2D eigenvalue weighted by Gasteiger charge is 2.22. The van der Waals surface area contributed by atoms with Crippen LogP contribution in [0.25, 0.3) is 97.0 Å². The van der Waals surface area contributed by atoms with Crippen molar-refractivity contribution in [2.75, 3.05) is 0 Å². The summed E-state index contributed by atoms with van der Waals surface area (Å²) in [6.45, 7) is 0. The van der Waals surface area contributed by atoms with Crippen molar-refractivity contribution in [3.8, 4) is 0 Å². The van der Waals surface area contributed by atoms with Crippen molar-refractivity contribution >= 4 is 97.0 Å². The van der Waals surface area contributed by atoms with Gasteiger partial charge in [0, 0.05) is 0 Å². The summed E-state index contributed by atoms with van der Waals surface area (Å²) in [5.74, 6) is 0. The fourth-order valence-corrected chi connectivity index (χ4v) is 7.35. The van der Waals surface area contributed by atoms with Crippen LogP contribution in [-0.4, -0.2) is 0 Å². The first-order valence-corrected chi connectivity index (χ1v) is 12.7. The zero-order valence-electron chi connectivity index (χ0n) is 19.4. The lowest BCUT2D eigenvalue weighted by Gasteiger charge is -2.22. The van der Waals surface area contributed by atoms with Crippen LogP contribution < -0.4 is 0 Å². The molecule has 0 aliphatic rings. The van der Waals surface area contributed by atoms with Gasteiger partial charge < -0.3 is 0 Å². The van der Waals surface area contributed by atoms with E-state index in [1.54, 1.807) is 0 Å². The van der Waals surface area contributed by atoms with E-state index in [0.29, 0.717) is 0 Å². The van der Waals surface area contributed by atoms with Gasteiger partial charge in [-0.15, -0.1) is 0 Å². The lowest BCUT2D eigenvalue weighted by atomic mass is 9.80. The van der Waals surface area contributed by atoms with Crippen LogP contribution in [0.1, 0.15) is 0 Å². The molecule has 10 aromatic rings. The number of hydrogen-bond donors (Lipinski definition) is 0. The van der Waals surface area contributed by atoms with Gasteiger partial charge in [-0.3, -0.25) is 0 Å². The van der Waals surface area contributed by atoms with E-state index >= 15 is 0 Å². The molecule has 0 atom stereocenters. The normalized spacial score (nSPS) is 13.0. The van der Waals surface area contributed by atoms with Crippen molar-refractivity contribution in [1.29, 1.82) is 0 Å². The summed E-state index contributed by atoms with van der Waals surface area (Å²) >= 11 is 0. The first-order valence-electron chi connectivity index (χ1n) is 12.7. The molecular formula is C36H18. The zero-order chi connectivity index (χ0) is 23.1. The summed E-state index contributed by atoms with van der Waals surface area (Å²) in [5, 5.41) is 24.6. The predicted molar refractivity (Wildman–Crippen MR) is 158 cm³/mol. The lowest BCUT2D eigenvalue weighted by Crippen LogP contribution is -1.94. The predicted octanol–water partition coefficient (Wildman–Crippen LogP) is 10.4. The molecule has 0 amide bonds. The van der Waals surface area contributed by atoms with Gasteiger partial charge in [-0.1, -0.05) is 97.1 Å². The van der Waals surface area contributed by atoms with Gasteiger partial charge in [0.2, 0.25) is 0 Å². The summed E-state index contributed by atoms with van der Waals surface area (Å²) in [6, 6.07) is 41.4. The monoisotopic (exact) mass is 450 g/mol. The maximum Gasteiger partial charge on any atom is -0.000719 e. The van der Waals surface area contributed by atoms with E-state index in [-0.39, 0.29) is 0 Å². The maximum absolute atomic E-state index is 2.40. The highest BCUT2D eigenvalue weighted by molar-refractivity contribution is 6.49. The molecule has 0 saturated carbocycles. The molecule has 0 fully saturated rings. The summed E-state index contributed by atoms with van der Waals surface area (Å²) in [7, 11) is 0. The van der Waals surface area contributed by atoms with Gasteiger partial charge in [0.25, 0.3) is 0 Å². The molecule has 0 bridgehead atoms. The average Bonchev–Trinajstić information content (AvgIpc) is 2.94. The second-order valence-corrected chi connectivity index (χ2v) is 10.5. The highest BCUT2D eigenvalue weighted by atomic mass is 14.2. The Labute approximate surface area is 206 Å². The second kappa shape index (κ2) is 5.75. The summed E-state index contributed by atoms with van der Waals surface area (Å²) < 4.78 is 0. The minimum Gasteiger partial charge on any atom is -0.0616 e. The first kappa shape index (κ1) is 17.7. The van der Waals surface area contributed by atoms with Gasteiger partial charge in [0.15, 0.2) is 0 Å². The van der Waals surface area contributed by atoms with Crippen LogP contribution in [0.15, 0.2) is 109 Å². The fraction of sp³-hybridized carbons (Fsp3) is 0. The van der Waals surface area contributed by atoms with Gasteiger partial charge in [0.1, 0.15) is 0 Å². The Morgan fingerprint density at radius 3 is 1.25 bits per heavy atom. The minimum atomic E-state index is 1.30. The summed E-state index contributed by atoms with van der Waals surface area (Å²) in [4.78, 5) is 0. The molecule has 0 heteroatoms. The standard InChI is InChI=1S/C36H18/c1-2-4-24-18-29-25(17-23(24)3-1)13-15-26-27-14-11-21-9-7-19-5-6-20-8-10-22-12-16-28(34(26)29)36-33(22)31(20)30(19)32(21)35(27)36/h1-18H. The minimum absolute atomic E-state index is 1.30. The van der Waals surface area contributed by atoms with Crippen LogP contribution in [0.3, 0.4) is 0 Å². The third-order valence-electron chi connectivity index (χ3n) is 8.83. The van der Waals surface area contributed by atoms with E-state index in [1.165, 1.54) is 97.0 Å². The van der Waals surface area contributed by atoms with Crippen LogP contribution in [0, 0.1) is 0 Å². The number of fused-ring (bicyclic) bond motifs is 6. The molecule has 0 nitrogen and oxygen atoms in total. The Morgan fingerprint density at radius 2 is 0.639 bits per heavy atom.